The summed E-state index contributed by atoms with van der Waals surface area (Å²) in [7, 11) is 0. The van der Waals surface area contributed by atoms with Gasteiger partial charge < -0.3 is 10.1 Å². The highest BCUT2D eigenvalue weighted by molar-refractivity contribution is 6.31. The van der Waals surface area contributed by atoms with Crippen LogP contribution in [0.4, 0.5) is 0 Å². The molecule has 1 aromatic carbocycles. The number of halogens is 1. The Morgan fingerprint density at radius 1 is 1.31 bits per heavy atom. The number of carbonyl (C=O) groups excluding carboxylic acids is 1. The molecule has 0 saturated heterocycles. The van der Waals surface area contributed by atoms with Crippen molar-refractivity contribution in [3.8, 4) is 5.75 Å². The van der Waals surface area contributed by atoms with E-state index in [0.29, 0.717) is 30.3 Å². The number of rotatable bonds is 7. The van der Waals surface area contributed by atoms with E-state index in [1.807, 2.05) is 60.8 Å². The molecule has 3 aromatic rings. The quantitative estimate of drug-likeness (QED) is 0.641. The lowest BCUT2D eigenvalue weighted by Gasteiger charge is -2.12. The van der Waals surface area contributed by atoms with Crippen LogP contribution in [0.2, 0.25) is 5.02 Å². The minimum absolute atomic E-state index is 0.0407. The average molecular weight is 373 g/mol. The van der Waals surface area contributed by atoms with E-state index in [9.17, 15) is 4.79 Å². The summed E-state index contributed by atoms with van der Waals surface area (Å²) < 4.78 is 7.53. The number of hydrogen-bond donors (Lipinski definition) is 1. The van der Waals surface area contributed by atoms with Crippen molar-refractivity contribution in [3.63, 3.8) is 0 Å². The van der Waals surface area contributed by atoms with Crippen LogP contribution in [0.5, 0.6) is 5.75 Å². The Morgan fingerprint density at radius 2 is 2.15 bits per heavy atom. The van der Waals surface area contributed by atoms with E-state index in [4.69, 9.17) is 16.3 Å². The van der Waals surface area contributed by atoms with Gasteiger partial charge >= 0.3 is 0 Å². The van der Waals surface area contributed by atoms with Crippen molar-refractivity contribution in [1.29, 1.82) is 0 Å². The number of carbonyl (C=O) groups is 1. The van der Waals surface area contributed by atoms with E-state index in [0.717, 1.165) is 17.0 Å². The van der Waals surface area contributed by atoms with Gasteiger partial charge in [0.15, 0.2) is 11.5 Å². The number of aryl methyl sites for hydroxylation is 1. The maximum atomic E-state index is 12.2. The first-order valence-electron chi connectivity index (χ1n) is 8.52. The van der Waals surface area contributed by atoms with Gasteiger partial charge in [0.2, 0.25) is 5.91 Å². The lowest BCUT2D eigenvalue weighted by Crippen LogP contribution is -2.28. The van der Waals surface area contributed by atoms with Crippen LogP contribution >= 0.6 is 11.6 Å². The van der Waals surface area contributed by atoms with Gasteiger partial charge in [-0.05, 0) is 56.2 Å². The Morgan fingerprint density at radius 3 is 2.96 bits per heavy atom. The molecule has 0 aliphatic rings. The zero-order chi connectivity index (χ0) is 18.5. The van der Waals surface area contributed by atoms with Crippen molar-refractivity contribution >= 4 is 23.2 Å². The number of amides is 1. The van der Waals surface area contributed by atoms with Crippen LogP contribution in [-0.4, -0.2) is 27.1 Å². The highest BCUT2D eigenvalue weighted by Gasteiger charge is 2.15. The molecule has 0 fully saturated rings. The van der Waals surface area contributed by atoms with Gasteiger partial charge in [-0.15, -0.1) is 10.2 Å². The van der Waals surface area contributed by atoms with Crippen molar-refractivity contribution in [1.82, 2.24) is 19.9 Å². The third-order valence-corrected chi connectivity index (χ3v) is 4.48. The minimum Gasteiger partial charge on any atom is -0.494 e. The maximum absolute atomic E-state index is 12.2. The van der Waals surface area contributed by atoms with E-state index >= 15 is 0 Å². The van der Waals surface area contributed by atoms with Gasteiger partial charge in [0, 0.05) is 17.6 Å². The minimum atomic E-state index is -0.222. The average Bonchev–Trinajstić information content (AvgIpc) is 3.06. The number of benzene rings is 1. The number of nitrogens with one attached hydrogen (secondary N) is 1. The highest BCUT2D eigenvalue weighted by atomic mass is 35.5. The molecular formula is C19H21ClN4O2. The molecular weight excluding hydrogens is 352 g/mol. The van der Waals surface area contributed by atoms with Crippen molar-refractivity contribution in [2.75, 3.05) is 6.61 Å². The fourth-order valence-electron chi connectivity index (χ4n) is 2.66. The molecule has 136 valence electrons. The van der Waals surface area contributed by atoms with Gasteiger partial charge in [-0.1, -0.05) is 17.7 Å². The van der Waals surface area contributed by atoms with Gasteiger partial charge in [0.25, 0.3) is 0 Å². The van der Waals surface area contributed by atoms with Gasteiger partial charge in [-0.3, -0.25) is 9.20 Å². The number of fused-ring (bicyclic) bond motifs is 1. The second-order valence-corrected chi connectivity index (χ2v) is 6.55. The maximum Gasteiger partial charge on any atom is 0.220 e. The molecule has 7 heteroatoms. The zero-order valence-corrected chi connectivity index (χ0v) is 15.5. The normalized spacial score (nSPS) is 12.1. The standard InChI is InChI=1S/C19H21ClN4O2/c1-13-12-15(8-9-16(13)20)26-11-5-7-18(25)21-14(2)19-23-22-17-6-3-4-10-24(17)19/h3-4,6,8-10,12,14H,5,7,11H2,1-2H3,(H,21,25)/t14-/m0/s1. The van der Waals surface area contributed by atoms with Crippen LogP contribution in [0.3, 0.4) is 0 Å². The summed E-state index contributed by atoms with van der Waals surface area (Å²) in [6.45, 7) is 4.29. The largest absolute Gasteiger partial charge is 0.494 e. The van der Waals surface area contributed by atoms with E-state index in [1.54, 1.807) is 0 Å². The molecule has 6 nitrogen and oxygen atoms in total. The highest BCUT2D eigenvalue weighted by Crippen LogP contribution is 2.21. The molecule has 0 bridgehead atoms. The fourth-order valence-corrected chi connectivity index (χ4v) is 2.78. The Bertz CT molecular complexity index is 909. The fraction of sp³-hybridized carbons (Fsp3) is 0.316. The summed E-state index contributed by atoms with van der Waals surface area (Å²) >= 11 is 5.99. The molecule has 0 unspecified atom stereocenters. The van der Waals surface area contributed by atoms with Crippen molar-refractivity contribution in [2.45, 2.75) is 32.7 Å². The summed E-state index contributed by atoms with van der Waals surface area (Å²) in [6.07, 6.45) is 2.89. The Hall–Kier alpha value is -2.60. The summed E-state index contributed by atoms with van der Waals surface area (Å²) in [6, 6.07) is 11.0. The second kappa shape index (κ2) is 8.19. The number of hydrogen-bond acceptors (Lipinski definition) is 4. The number of aromatic nitrogens is 3. The van der Waals surface area contributed by atoms with Gasteiger partial charge in [-0.25, -0.2) is 0 Å². The second-order valence-electron chi connectivity index (χ2n) is 6.14. The Labute approximate surface area is 157 Å². The monoisotopic (exact) mass is 372 g/mol. The van der Waals surface area contributed by atoms with E-state index in [-0.39, 0.29) is 11.9 Å². The third kappa shape index (κ3) is 4.32. The van der Waals surface area contributed by atoms with Crippen LogP contribution in [-0.2, 0) is 4.79 Å². The Balaban J connectivity index is 1.46. The lowest BCUT2D eigenvalue weighted by atomic mass is 10.2. The summed E-state index contributed by atoms with van der Waals surface area (Å²) in [5.74, 6) is 1.43. The number of pyridine rings is 1. The molecule has 0 aliphatic carbocycles. The number of nitrogens with zero attached hydrogens (tertiary/aromatic N) is 3. The lowest BCUT2D eigenvalue weighted by molar-refractivity contribution is -0.122. The first-order chi connectivity index (χ1) is 12.5. The molecule has 0 spiro atoms. The molecule has 1 amide bonds. The van der Waals surface area contributed by atoms with Crippen LogP contribution in [0.15, 0.2) is 42.6 Å². The van der Waals surface area contributed by atoms with Crippen LogP contribution in [0.25, 0.3) is 5.65 Å². The molecule has 1 N–H and O–H groups in total. The molecule has 26 heavy (non-hydrogen) atoms. The van der Waals surface area contributed by atoms with E-state index in [2.05, 4.69) is 15.5 Å². The van der Waals surface area contributed by atoms with Crippen LogP contribution in [0, 0.1) is 6.92 Å². The summed E-state index contributed by atoms with van der Waals surface area (Å²) in [4.78, 5) is 12.2. The first kappa shape index (κ1) is 18.2. The van der Waals surface area contributed by atoms with Crippen molar-refractivity contribution in [2.24, 2.45) is 0 Å². The molecule has 3 rings (SSSR count). The molecule has 0 radical (unpaired) electrons. The van der Waals surface area contributed by atoms with Crippen molar-refractivity contribution < 1.29 is 9.53 Å². The predicted molar refractivity (Wildman–Crippen MR) is 100 cm³/mol. The third-order valence-electron chi connectivity index (χ3n) is 4.05. The van der Waals surface area contributed by atoms with Gasteiger partial charge in [0.05, 0.1) is 12.6 Å². The Kier molecular flexibility index (Phi) is 5.73. The SMILES string of the molecule is Cc1cc(OCCCC(=O)N[C@@H](C)c2nnc3ccccn23)ccc1Cl. The van der Waals surface area contributed by atoms with Gasteiger partial charge in [-0.2, -0.15) is 0 Å². The van der Waals surface area contributed by atoms with E-state index in [1.165, 1.54) is 0 Å². The van der Waals surface area contributed by atoms with Crippen LogP contribution < -0.4 is 10.1 Å². The topological polar surface area (TPSA) is 68.5 Å². The van der Waals surface area contributed by atoms with E-state index < -0.39 is 0 Å². The molecule has 2 heterocycles. The molecule has 1 atom stereocenters. The summed E-state index contributed by atoms with van der Waals surface area (Å²) in [5, 5.41) is 11.9. The van der Waals surface area contributed by atoms with Crippen LogP contribution in [0.1, 0.15) is 37.2 Å². The summed E-state index contributed by atoms with van der Waals surface area (Å²) in [5.41, 5.74) is 1.73. The molecule has 0 saturated carbocycles. The molecule has 0 aliphatic heterocycles. The zero-order valence-electron chi connectivity index (χ0n) is 14.8. The number of ether oxygens (including phenoxy) is 1. The molecule has 2 aromatic heterocycles. The first-order valence-corrected chi connectivity index (χ1v) is 8.90. The van der Waals surface area contributed by atoms with Gasteiger partial charge in [0.1, 0.15) is 5.75 Å². The smallest absolute Gasteiger partial charge is 0.220 e. The van der Waals surface area contributed by atoms with Crippen molar-refractivity contribution in [3.05, 3.63) is 59.0 Å². The predicted octanol–water partition coefficient (Wildman–Crippen LogP) is 3.73.